The van der Waals surface area contributed by atoms with Crippen LogP contribution in [0.3, 0.4) is 0 Å². The molecule has 0 fully saturated rings. The Morgan fingerprint density at radius 2 is 2.07 bits per heavy atom. The van der Waals surface area contributed by atoms with Crippen LogP contribution >= 0.6 is 33.9 Å². The molecule has 1 heterocycles. The topological polar surface area (TPSA) is 0 Å². The van der Waals surface area contributed by atoms with Gasteiger partial charge in [-0.2, -0.15) is 0 Å². The van der Waals surface area contributed by atoms with Crippen molar-refractivity contribution in [2.75, 3.05) is 0 Å². The molecule has 0 radical (unpaired) electrons. The molecule has 2 aromatic rings. The lowest BCUT2D eigenvalue weighted by Gasteiger charge is -2.02. The number of fused-ring (bicyclic) bond motifs is 1. The van der Waals surface area contributed by atoms with Crippen molar-refractivity contribution in [2.24, 2.45) is 0 Å². The number of alkyl halides is 2. The standard InChI is InChI=1S/C10H7F2IS/c1-5-4-14-9-7(5)2-6(10(11)12)3-8(9)13/h2-4,10H,1H3. The summed E-state index contributed by atoms with van der Waals surface area (Å²) in [6.07, 6.45) is -2.38. The van der Waals surface area contributed by atoms with Gasteiger partial charge in [-0.15, -0.1) is 11.3 Å². The third-order valence-electron chi connectivity index (χ3n) is 2.10. The Morgan fingerprint density at radius 1 is 1.36 bits per heavy atom. The summed E-state index contributed by atoms with van der Waals surface area (Å²) in [7, 11) is 0. The van der Waals surface area contributed by atoms with Gasteiger partial charge in [0, 0.05) is 13.8 Å². The lowest BCUT2D eigenvalue weighted by atomic mass is 10.1. The fraction of sp³-hybridized carbons (Fsp3) is 0.200. The normalized spacial score (nSPS) is 11.5. The van der Waals surface area contributed by atoms with E-state index in [0.717, 1.165) is 19.2 Å². The van der Waals surface area contributed by atoms with Crippen LogP contribution in [0, 0.1) is 10.5 Å². The summed E-state index contributed by atoms with van der Waals surface area (Å²) in [5, 5.41) is 2.96. The SMILES string of the molecule is Cc1csc2c(I)cc(C(F)F)cc12. The first-order chi connectivity index (χ1) is 6.59. The molecule has 0 spiro atoms. The molecule has 1 aromatic heterocycles. The molecule has 0 N–H and O–H groups in total. The second kappa shape index (κ2) is 3.73. The number of halogens is 3. The maximum atomic E-state index is 12.5. The second-order valence-electron chi connectivity index (χ2n) is 3.10. The zero-order valence-electron chi connectivity index (χ0n) is 7.35. The van der Waals surface area contributed by atoms with E-state index in [-0.39, 0.29) is 5.56 Å². The fourth-order valence-corrected chi connectivity index (χ4v) is 3.34. The van der Waals surface area contributed by atoms with E-state index in [1.165, 1.54) is 0 Å². The Labute approximate surface area is 98.1 Å². The average Bonchev–Trinajstić information content (AvgIpc) is 2.48. The van der Waals surface area contributed by atoms with E-state index >= 15 is 0 Å². The Morgan fingerprint density at radius 3 is 2.71 bits per heavy atom. The second-order valence-corrected chi connectivity index (χ2v) is 5.14. The average molecular weight is 324 g/mol. The molecule has 0 amide bonds. The van der Waals surface area contributed by atoms with E-state index in [0.29, 0.717) is 0 Å². The van der Waals surface area contributed by atoms with E-state index in [2.05, 4.69) is 22.6 Å². The molecule has 1 aromatic carbocycles. The molecule has 0 saturated heterocycles. The predicted octanol–water partition coefficient (Wildman–Crippen LogP) is 4.75. The number of hydrogen-bond acceptors (Lipinski definition) is 1. The molecule has 0 bridgehead atoms. The van der Waals surface area contributed by atoms with Crippen molar-refractivity contribution in [3.8, 4) is 0 Å². The molecule has 14 heavy (non-hydrogen) atoms. The van der Waals surface area contributed by atoms with Crippen LogP contribution in [-0.2, 0) is 0 Å². The van der Waals surface area contributed by atoms with E-state index in [1.54, 1.807) is 23.5 Å². The Balaban J connectivity index is 2.75. The molecule has 0 aliphatic rings. The zero-order chi connectivity index (χ0) is 10.3. The lowest BCUT2D eigenvalue weighted by molar-refractivity contribution is 0.151. The molecule has 0 unspecified atom stereocenters. The largest absolute Gasteiger partial charge is 0.263 e. The van der Waals surface area contributed by atoms with Gasteiger partial charge in [0.15, 0.2) is 0 Å². The Bertz CT molecular complexity index is 476. The van der Waals surface area contributed by atoms with Crippen molar-refractivity contribution >= 4 is 44.0 Å². The monoisotopic (exact) mass is 324 g/mol. The summed E-state index contributed by atoms with van der Waals surface area (Å²) in [5.41, 5.74) is 1.19. The van der Waals surface area contributed by atoms with Crippen LogP contribution < -0.4 is 0 Å². The van der Waals surface area contributed by atoms with E-state index in [4.69, 9.17) is 0 Å². The minimum atomic E-state index is -2.38. The number of hydrogen-bond donors (Lipinski definition) is 0. The van der Waals surface area contributed by atoms with Gasteiger partial charge < -0.3 is 0 Å². The molecule has 2 rings (SSSR count). The number of benzene rings is 1. The summed E-state index contributed by atoms with van der Waals surface area (Å²) in [6, 6.07) is 3.15. The zero-order valence-corrected chi connectivity index (χ0v) is 10.3. The van der Waals surface area contributed by atoms with Gasteiger partial charge in [-0.3, -0.25) is 0 Å². The molecule has 0 aliphatic carbocycles. The summed E-state index contributed by atoms with van der Waals surface area (Å²) in [5.74, 6) is 0. The molecular weight excluding hydrogens is 317 g/mol. The first-order valence-corrected chi connectivity index (χ1v) is 6.01. The molecule has 0 nitrogen and oxygen atoms in total. The highest BCUT2D eigenvalue weighted by molar-refractivity contribution is 14.1. The molecule has 0 atom stereocenters. The minimum absolute atomic E-state index is 0.114. The van der Waals surface area contributed by atoms with Gasteiger partial charge in [-0.05, 0) is 58.0 Å². The summed E-state index contributed by atoms with van der Waals surface area (Å²) >= 11 is 3.72. The fourth-order valence-electron chi connectivity index (χ4n) is 1.36. The molecule has 4 heteroatoms. The number of rotatable bonds is 1. The van der Waals surface area contributed by atoms with Gasteiger partial charge in [0.05, 0.1) is 0 Å². The van der Waals surface area contributed by atoms with Crippen molar-refractivity contribution in [3.63, 3.8) is 0 Å². The summed E-state index contributed by atoms with van der Waals surface area (Å²) in [6.45, 7) is 1.95. The Kier molecular flexibility index (Phi) is 2.74. The van der Waals surface area contributed by atoms with Crippen LogP contribution in [-0.4, -0.2) is 0 Å². The van der Waals surface area contributed by atoms with Gasteiger partial charge in [0.25, 0.3) is 6.43 Å². The lowest BCUT2D eigenvalue weighted by Crippen LogP contribution is -1.85. The number of aryl methyl sites for hydroxylation is 1. The maximum absolute atomic E-state index is 12.5. The van der Waals surface area contributed by atoms with Gasteiger partial charge >= 0.3 is 0 Å². The van der Waals surface area contributed by atoms with Crippen molar-refractivity contribution in [3.05, 3.63) is 32.2 Å². The van der Waals surface area contributed by atoms with E-state index in [9.17, 15) is 8.78 Å². The summed E-state index contributed by atoms with van der Waals surface area (Å²) < 4.78 is 27.0. The molecule has 0 saturated carbocycles. The van der Waals surface area contributed by atoms with Crippen molar-refractivity contribution in [1.82, 2.24) is 0 Å². The Hall–Kier alpha value is -0.230. The van der Waals surface area contributed by atoms with Crippen LogP contribution in [0.1, 0.15) is 17.6 Å². The highest BCUT2D eigenvalue weighted by atomic mass is 127. The van der Waals surface area contributed by atoms with Crippen molar-refractivity contribution in [1.29, 1.82) is 0 Å². The highest BCUT2D eigenvalue weighted by Gasteiger charge is 2.12. The molecule has 0 aliphatic heterocycles. The quantitative estimate of drug-likeness (QED) is 0.664. The van der Waals surface area contributed by atoms with Crippen LogP contribution in [0.25, 0.3) is 10.1 Å². The minimum Gasteiger partial charge on any atom is -0.205 e. The van der Waals surface area contributed by atoms with Crippen LogP contribution in [0.4, 0.5) is 8.78 Å². The first kappa shape index (κ1) is 10.3. The first-order valence-electron chi connectivity index (χ1n) is 4.05. The van der Waals surface area contributed by atoms with E-state index < -0.39 is 6.43 Å². The molecular formula is C10H7F2IS. The number of thiophene rings is 1. The third kappa shape index (κ3) is 1.65. The molecule has 74 valence electrons. The highest BCUT2D eigenvalue weighted by Crippen LogP contribution is 2.33. The smallest absolute Gasteiger partial charge is 0.205 e. The van der Waals surface area contributed by atoms with Gasteiger partial charge in [-0.1, -0.05) is 0 Å². The van der Waals surface area contributed by atoms with Crippen LogP contribution in [0.2, 0.25) is 0 Å². The van der Waals surface area contributed by atoms with Gasteiger partial charge in [0.1, 0.15) is 0 Å². The maximum Gasteiger partial charge on any atom is 0.263 e. The van der Waals surface area contributed by atoms with E-state index in [1.807, 2.05) is 12.3 Å². The predicted molar refractivity (Wildman–Crippen MR) is 64.2 cm³/mol. The summed E-state index contributed by atoms with van der Waals surface area (Å²) in [4.78, 5) is 0. The van der Waals surface area contributed by atoms with Gasteiger partial charge in [0.2, 0.25) is 0 Å². The van der Waals surface area contributed by atoms with Gasteiger partial charge in [-0.25, -0.2) is 8.78 Å². The van der Waals surface area contributed by atoms with Crippen LogP contribution in [0.15, 0.2) is 17.5 Å². The third-order valence-corrected chi connectivity index (χ3v) is 4.46. The van der Waals surface area contributed by atoms with Crippen LogP contribution in [0.5, 0.6) is 0 Å². The van der Waals surface area contributed by atoms with Crippen molar-refractivity contribution in [2.45, 2.75) is 13.3 Å². The van der Waals surface area contributed by atoms with Crippen molar-refractivity contribution < 1.29 is 8.78 Å².